The summed E-state index contributed by atoms with van der Waals surface area (Å²) in [5.41, 5.74) is 2.57. The van der Waals surface area contributed by atoms with Crippen molar-refractivity contribution in [1.82, 2.24) is 14.8 Å². The smallest absolute Gasteiger partial charge is 0.278 e. The van der Waals surface area contributed by atoms with Gasteiger partial charge in [0.15, 0.2) is 0 Å². The largest absolute Gasteiger partial charge is 0.365 e. The number of benzene rings is 2. The molecule has 2 amide bonds. The van der Waals surface area contributed by atoms with Gasteiger partial charge in [-0.2, -0.15) is 0 Å². The number of nitro groups is 1. The number of pyridine rings is 1. The number of aromatic nitrogens is 1. The summed E-state index contributed by atoms with van der Waals surface area (Å²) in [6.07, 6.45) is 3.23. The monoisotopic (exact) mass is 428 g/mol. The molecule has 4 rings (SSSR count). The first-order chi connectivity index (χ1) is 15.5. The van der Waals surface area contributed by atoms with Crippen LogP contribution >= 0.6 is 0 Å². The second-order valence-corrected chi connectivity index (χ2v) is 7.43. The molecule has 1 aliphatic rings. The highest BCUT2D eigenvalue weighted by Crippen LogP contribution is 2.33. The Bertz CT molecular complexity index is 1190. The number of likely N-dealkylation sites (N-methyl/N-ethyl adjacent to an activating group) is 1. The number of amides is 2. The van der Waals surface area contributed by atoms with Gasteiger partial charge in [0.1, 0.15) is 5.70 Å². The van der Waals surface area contributed by atoms with Crippen LogP contribution < -0.4 is 0 Å². The van der Waals surface area contributed by atoms with Gasteiger partial charge in [-0.05, 0) is 34.9 Å². The van der Waals surface area contributed by atoms with Gasteiger partial charge in [-0.15, -0.1) is 0 Å². The average molecular weight is 428 g/mol. The predicted molar refractivity (Wildman–Crippen MR) is 118 cm³/mol. The van der Waals surface area contributed by atoms with Gasteiger partial charge in [0.05, 0.1) is 17.0 Å². The van der Waals surface area contributed by atoms with Gasteiger partial charge in [-0.3, -0.25) is 29.6 Å². The maximum atomic E-state index is 13.4. The van der Waals surface area contributed by atoms with E-state index in [0.29, 0.717) is 12.1 Å². The molecule has 32 heavy (non-hydrogen) atoms. The minimum Gasteiger partial charge on any atom is -0.365 e. The molecule has 0 atom stereocenters. The Morgan fingerprint density at radius 2 is 1.62 bits per heavy atom. The second kappa shape index (κ2) is 8.81. The molecule has 0 spiro atoms. The fourth-order valence-electron chi connectivity index (χ4n) is 3.68. The van der Waals surface area contributed by atoms with Crippen LogP contribution in [0.2, 0.25) is 0 Å². The van der Waals surface area contributed by atoms with Crippen molar-refractivity contribution in [1.29, 1.82) is 0 Å². The average Bonchev–Trinajstić information content (AvgIpc) is 3.05. The lowest BCUT2D eigenvalue weighted by Crippen LogP contribution is -2.33. The third kappa shape index (κ3) is 4.11. The number of carbonyl (C=O) groups excluding carboxylic acids is 2. The van der Waals surface area contributed by atoms with Crippen LogP contribution in [0.3, 0.4) is 0 Å². The fraction of sp³-hybridized carbons (Fsp3) is 0.125. The number of non-ortho nitro benzene ring substituents is 1. The van der Waals surface area contributed by atoms with Crippen molar-refractivity contribution in [2.45, 2.75) is 13.1 Å². The van der Waals surface area contributed by atoms with Crippen LogP contribution in [0.15, 0.2) is 84.8 Å². The Kier molecular flexibility index (Phi) is 5.76. The van der Waals surface area contributed by atoms with Gasteiger partial charge in [0.25, 0.3) is 17.5 Å². The summed E-state index contributed by atoms with van der Waals surface area (Å²) >= 11 is 0. The van der Waals surface area contributed by atoms with E-state index in [1.165, 1.54) is 29.2 Å². The molecule has 3 aromatic rings. The molecule has 0 radical (unpaired) electrons. The van der Waals surface area contributed by atoms with Crippen LogP contribution in [-0.4, -0.2) is 38.6 Å². The molecule has 0 fully saturated rings. The molecule has 1 aliphatic heterocycles. The van der Waals surface area contributed by atoms with Crippen molar-refractivity contribution in [3.8, 4) is 0 Å². The minimum absolute atomic E-state index is 0.0856. The minimum atomic E-state index is -0.503. The predicted octanol–water partition coefficient (Wildman–Crippen LogP) is 3.40. The van der Waals surface area contributed by atoms with Crippen LogP contribution in [0.1, 0.15) is 16.7 Å². The normalized spacial score (nSPS) is 13.6. The van der Waals surface area contributed by atoms with E-state index in [-0.39, 0.29) is 23.5 Å². The molecular weight excluding hydrogens is 408 g/mol. The summed E-state index contributed by atoms with van der Waals surface area (Å²) in [5.74, 6) is -0.853. The van der Waals surface area contributed by atoms with Crippen molar-refractivity contribution in [2.24, 2.45) is 0 Å². The Morgan fingerprint density at radius 3 is 2.25 bits per heavy atom. The summed E-state index contributed by atoms with van der Waals surface area (Å²) in [6.45, 7) is 0.511. The maximum Gasteiger partial charge on any atom is 0.278 e. The first-order valence-electron chi connectivity index (χ1n) is 9.95. The topological polar surface area (TPSA) is 96.7 Å². The molecule has 0 aliphatic carbocycles. The molecule has 8 heteroatoms. The van der Waals surface area contributed by atoms with Gasteiger partial charge in [0.2, 0.25) is 0 Å². The number of imide groups is 1. The van der Waals surface area contributed by atoms with Gasteiger partial charge >= 0.3 is 0 Å². The van der Waals surface area contributed by atoms with Crippen LogP contribution in [0.25, 0.3) is 5.57 Å². The number of carbonyl (C=O) groups is 2. The maximum absolute atomic E-state index is 13.4. The lowest BCUT2D eigenvalue weighted by atomic mass is 10.0. The van der Waals surface area contributed by atoms with E-state index >= 15 is 0 Å². The van der Waals surface area contributed by atoms with Crippen molar-refractivity contribution in [3.05, 3.63) is 112 Å². The number of hydrogen-bond donors (Lipinski definition) is 0. The van der Waals surface area contributed by atoms with Crippen LogP contribution in [0, 0.1) is 10.1 Å². The summed E-state index contributed by atoms with van der Waals surface area (Å²) < 4.78 is 0. The molecular formula is C24H20N4O4. The molecule has 2 heterocycles. The first-order valence-corrected chi connectivity index (χ1v) is 9.95. The van der Waals surface area contributed by atoms with Crippen LogP contribution in [-0.2, 0) is 22.7 Å². The van der Waals surface area contributed by atoms with Crippen molar-refractivity contribution in [2.75, 3.05) is 7.05 Å². The van der Waals surface area contributed by atoms with Crippen molar-refractivity contribution in [3.63, 3.8) is 0 Å². The van der Waals surface area contributed by atoms with Gasteiger partial charge < -0.3 is 4.90 Å². The molecule has 2 aromatic carbocycles. The fourth-order valence-corrected chi connectivity index (χ4v) is 3.68. The van der Waals surface area contributed by atoms with Crippen LogP contribution in [0.5, 0.6) is 0 Å². The molecule has 0 N–H and O–H groups in total. The highest BCUT2D eigenvalue weighted by molar-refractivity contribution is 6.35. The van der Waals surface area contributed by atoms with Gasteiger partial charge in [-0.1, -0.05) is 36.4 Å². The van der Waals surface area contributed by atoms with Crippen molar-refractivity contribution >= 4 is 23.1 Å². The van der Waals surface area contributed by atoms with E-state index in [2.05, 4.69) is 4.98 Å². The van der Waals surface area contributed by atoms with E-state index in [9.17, 15) is 19.7 Å². The Hall–Kier alpha value is -4.33. The van der Waals surface area contributed by atoms with E-state index < -0.39 is 16.7 Å². The standard InChI is InChI=1S/C24H20N4O4/c1-26(15-17-6-3-2-4-7-17)22-21(19-9-11-20(12-10-19)28(31)32)23(29)27(24(22)30)16-18-8-5-13-25-14-18/h2-14H,15-16H2,1H3. The molecule has 0 saturated carbocycles. The van der Waals surface area contributed by atoms with Crippen molar-refractivity contribution < 1.29 is 14.5 Å². The third-order valence-electron chi connectivity index (χ3n) is 5.22. The number of nitro benzene ring substituents is 1. The van der Waals surface area contributed by atoms with E-state index in [0.717, 1.165) is 11.1 Å². The second-order valence-electron chi connectivity index (χ2n) is 7.43. The summed E-state index contributed by atoms with van der Waals surface area (Å²) in [5, 5.41) is 11.0. The molecule has 160 valence electrons. The highest BCUT2D eigenvalue weighted by Gasteiger charge is 2.40. The number of hydrogen-bond acceptors (Lipinski definition) is 6. The van der Waals surface area contributed by atoms with E-state index in [1.54, 1.807) is 36.5 Å². The highest BCUT2D eigenvalue weighted by atomic mass is 16.6. The molecule has 0 unspecified atom stereocenters. The lowest BCUT2D eigenvalue weighted by molar-refractivity contribution is -0.384. The van der Waals surface area contributed by atoms with Gasteiger partial charge in [0, 0.05) is 38.1 Å². The Balaban J connectivity index is 1.73. The zero-order chi connectivity index (χ0) is 22.7. The summed E-state index contributed by atoms with van der Waals surface area (Å²) in [6, 6.07) is 18.8. The summed E-state index contributed by atoms with van der Waals surface area (Å²) in [7, 11) is 1.76. The van der Waals surface area contributed by atoms with Gasteiger partial charge in [-0.25, -0.2) is 0 Å². The van der Waals surface area contributed by atoms with E-state index in [4.69, 9.17) is 0 Å². The SMILES string of the molecule is CN(Cc1ccccc1)C1=C(c2ccc([N+](=O)[O-])cc2)C(=O)N(Cc2cccnc2)C1=O. The zero-order valence-corrected chi connectivity index (χ0v) is 17.3. The van der Waals surface area contributed by atoms with Crippen LogP contribution in [0.4, 0.5) is 5.69 Å². The lowest BCUT2D eigenvalue weighted by Gasteiger charge is -2.21. The zero-order valence-electron chi connectivity index (χ0n) is 17.3. The quantitative estimate of drug-likeness (QED) is 0.325. The first kappa shape index (κ1) is 20.9. The Morgan fingerprint density at radius 1 is 0.938 bits per heavy atom. The molecule has 1 aromatic heterocycles. The molecule has 8 nitrogen and oxygen atoms in total. The Labute approximate surface area is 184 Å². The number of rotatable bonds is 7. The summed E-state index contributed by atoms with van der Waals surface area (Å²) in [4.78, 5) is 44.3. The number of nitrogens with zero attached hydrogens (tertiary/aromatic N) is 4. The third-order valence-corrected chi connectivity index (χ3v) is 5.22. The van der Waals surface area contributed by atoms with E-state index in [1.807, 2.05) is 30.3 Å². The molecule has 0 saturated heterocycles. The molecule has 0 bridgehead atoms.